The van der Waals surface area contributed by atoms with E-state index in [1.54, 1.807) is 17.0 Å². The zero-order valence-corrected chi connectivity index (χ0v) is 17.4. The Kier molecular flexibility index (Phi) is 6.36. The maximum absolute atomic E-state index is 13.1. The van der Waals surface area contributed by atoms with Crippen molar-refractivity contribution in [3.8, 4) is 5.75 Å². The number of thioether (sulfide) groups is 1. The first-order valence-corrected chi connectivity index (χ1v) is 10.1. The van der Waals surface area contributed by atoms with Crippen molar-refractivity contribution < 1.29 is 14.3 Å². The highest BCUT2D eigenvalue weighted by Crippen LogP contribution is 2.37. The van der Waals surface area contributed by atoms with Crippen LogP contribution in [0.15, 0.2) is 60.7 Å². The van der Waals surface area contributed by atoms with Gasteiger partial charge in [-0.15, -0.1) is 0 Å². The molecule has 0 spiro atoms. The quantitative estimate of drug-likeness (QED) is 0.735. The summed E-state index contributed by atoms with van der Waals surface area (Å²) in [5.74, 6) is 0.0576. The molecule has 1 atom stereocenters. The fourth-order valence-corrected chi connectivity index (χ4v) is 4.69. The van der Waals surface area contributed by atoms with E-state index in [0.717, 1.165) is 5.56 Å². The van der Waals surface area contributed by atoms with Crippen molar-refractivity contribution in [3.05, 3.63) is 66.2 Å². The molecule has 146 valence electrons. The van der Waals surface area contributed by atoms with E-state index in [2.05, 4.69) is 5.32 Å². The van der Waals surface area contributed by atoms with Crippen LogP contribution in [0.25, 0.3) is 0 Å². The number of carbonyl (C=O) groups excluding carboxylic acids is 2. The van der Waals surface area contributed by atoms with E-state index >= 15 is 0 Å². The minimum atomic E-state index is -0.695. The van der Waals surface area contributed by atoms with Gasteiger partial charge in [-0.2, -0.15) is 0 Å². The molecule has 1 saturated heterocycles. The Balaban J connectivity index is 1.68. The van der Waals surface area contributed by atoms with Gasteiger partial charge in [-0.25, -0.2) is 0 Å². The van der Waals surface area contributed by atoms with Crippen LogP contribution in [0.1, 0.15) is 19.4 Å². The minimum Gasteiger partial charge on any atom is -0.484 e. The average Bonchev–Trinajstić information content (AvgIpc) is 2.68. The SMILES string of the molecule is CC1(C)SC(=S)N(Cc2ccccc2)C(=O)C1NC(=O)COc1ccccc1. The number of hydrogen-bond acceptors (Lipinski definition) is 5. The van der Waals surface area contributed by atoms with Gasteiger partial charge in [0.05, 0.1) is 6.54 Å². The normalized spacial score (nSPS) is 18.6. The molecule has 1 N–H and O–H groups in total. The van der Waals surface area contributed by atoms with Gasteiger partial charge in [0.1, 0.15) is 16.1 Å². The lowest BCUT2D eigenvalue weighted by Gasteiger charge is -2.42. The molecule has 28 heavy (non-hydrogen) atoms. The summed E-state index contributed by atoms with van der Waals surface area (Å²) in [6.45, 7) is 4.04. The van der Waals surface area contributed by atoms with Gasteiger partial charge >= 0.3 is 0 Å². The molecule has 0 aliphatic carbocycles. The summed E-state index contributed by atoms with van der Waals surface area (Å²) in [4.78, 5) is 27.1. The van der Waals surface area contributed by atoms with Crippen LogP contribution < -0.4 is 10.1 Å². The van der Waals surface area contributed by atoms with E-state index in [-0.39, 0.29) is 18.4 Å². The third kappa shape index (κ3) is 4.91. The largest absolute Gasteiger partial charge is 0.484 e. The van der Waals surface area contributed by atoms with Gasteiger partial charge in [0.25, 0.3) is 11.8 Å². The number of thiocarbonyl (C=S) groups is 1. The number of ether oxygens (including phenoxy) is 1. The molecule has 1 aliphatic rings. The lowest BCUT2D eigenvalue weighted by Crippen LogP contribution is -2.62. The minimum absolute atomic E-state index is 0.155. The lowest BCUT2D eigenvalue weighted by atomic mass is 10.0. The van der Waals surface area contributed by atoms with Gasteiger partial charge in [0.15, 0.2) is 6.61 Å². The fraction of sp³-hybridized carbons (Fsp3) is 0.286. The van der Waals surface area contributed by atoms with Crippen molar-refractivity contribution in [2.75, 3.05) is 6.61 Å². The number of amides is 2. The fourth-order valence-electron chi connectivity index (χ4n) is 2.89. The predicted octanol–water partition coefficient (Wildman–Crippen LogP) is 3.39. The van der Waals surface area contributed by atoms with Crippen molar-refractivity contribution in [2.45, 2.75) is 31.2 Å². The second kappa shape index (κ2) is 8.75. The Morgan fingerprint density at radius 2 is 1.75 bits per heavy atom. The number of nitrogens with zero attached hydrogens (tertiary/aromatic N) is 1. The van der Waals surface area contributed by atoms with Crippen molar-refractivity contribution in [2.24, 2.45) is 0 Å². The van der Waals surface area contributed by atoms with Crippen molar-refractivity contribution in [1.82, 2.24) is 10.2 Å². The van der Waals surface area contributed by atoms with Crippen LogP contribution in [0, 0.1) is 0 Å². The van der Waals surface area contributed by atoms with Gasteiger partial charge in [-0.05, 0) is 31.5 Å². The van der Waals surface area contributed by atoms with Gasteiger partial charge in [0.2, 0.25) is 0 Å². The molecule has 1 aliphatic heterocycles. The Hall–Kier alpha value is -2.38. The third-order valence-electron chi connectivity index (χ3n) is 4.38. The first-order chi connectivity index (χ1) is 13.4. The maximum Gasteiger partial charge on any atom is 0.258 e. The van der Waals surface area contributed by atoms with Crippen LogP contribution in [0.5, 0.6) is 5.75 Å². The van der Waals surface area contributed by atoms with E-state index in [9.17, 15) is 9.59 Å². The lowest BCUT2D eigenvalue weighted by molar-refractivity contribution is -0.135. The summed E-state index contributed by atoms with van der Waals surface area (Å²) in [6, 6.07) is 18.1. The molecular weight excluding hydrogens is 392 g/mol. The summed E-state index contributed by atoms with van der Waals surface area (Å²) < 4.78 is 5.45. The molecule has 3 rings (SSSR count). The average molecular weight is 415 g/mol. The van der Waals surface area contributed by atoms with Crippen molar-refractivity contribution in [3.63, 3.8) is 0 Å². The van der Waals surface area contributed by atoms with E-state index in [1.165, 1.54) is 11.8 Å². The monoisotopic (exact) mass is 414 g/mol. The number of nitrogens with one attached hydrogen (secondary N) is 1. The van der Waals surface area contributed by atoms with Gasteiger partial charge in [-0.1, -0.05) is 72.5 Å². The van der Waals surface area contributed by atoms with Crippen LogP contribution in [0.4, 0.5) is 0 Å². The standard InChI is InChI=1S/C21H22N2O3S2/c1-21(2)18(22-17(24)14-26-16-11-7-4-8-12-16)19(25)23(20(27)28-21)13-15-9-5-3-6-10-15/h3-12,18H,13-14H2,1-2H3,(H,22,24). The Morgan fingerprint density at radius 3 is 2.39 bits per heavy atom. The Labute approximate surface area is 174 Å². The second-order valence-corrected chi connectivity index (χ2v) is 9.27. The van der Waals surface area contributed by atoms with Crippen LogP contribution in [0.2, 0.25) is 0 Å². The Bertz CT molecular complexity index is 856. The summed E-state index contributed by atoms with van der Waals surface area (Å²) in [5, 5.41) is 2.83. The smallest absolute Gasteiger partial charge is 0.258 e. The summed E-state index contributed by atoms with van der Waals surface area (Å²) in [5.41, 5.74) is 0.982. The Morgan fingerprint density at radius 1 is 1.14 bits per heavy atom. The molecule has 0 aromatic heterocycles. The van der Waals surface area contributed by atoms with Crippen LogP contribution >= 0.6 is 24.0 Å². The molecule has 1 heterocycles. The molecule has 0 radical (unpaired) electrons. The molecule has 5 nitrogen and oxygen atoms in total. The summed E-state index contributed by atoms with van der Waals surface area (Å²) in [6.07, 6.45) is 0. The number of hydrogen-bond donors (Lipinski definition) is 1. The van der Waals surface area contributed by atoms with Crippen LogP contribution in [-0.4, -0.2) is 38.4 Å². The van der Waals surface area contributed by atoms with Crippen LogP contribution in [0.3, 0.4) is 0 Å². The van der Waals surface area contributed by atoms with Crippen molar-refractivity contribution in [1.29, 1.82) is 0 Å². The number of para-hydroxylation sites is 1. The van der Waals surface area contributed by atoms with E-state index in [1.807, 2.05) is 62.4 Å². The van der Waals surface area contributed by atoms with Gasteiger partial charge < -0.3 is 10.1 Å². The van der Waals surface area contributed by atoms with Gasteiger partial charge in [-0.3, -0.25) is 14.5 Å². The van der Waals surface area contributed by atoms with Crippen LogP contribution in [-0.2, 0) is 16.1 Å². The molecule has 2 aromatic carbocycles. The molecule has 2 amide bonds. The first kappa shape index (κ1) is 20.4. The maximum atomic E-state index is 13.1. The molecule has 2 aromatic rings. The topological polar surface area (TPSA) is 58.6 Å². The molecule has 1 fully saturated rings. The van der Waals surface area contributed by atoms with Crippen molar-refractivity contribution >= 4 is 40.1 Å². The zero-order chi connectivity index (χ0) is 20.1. The molecule has 7 heteroatoms. The first-order valence-electron chi connectivity index (χ1n) is 8.92. The molecular formula is C21H22N2O3S2. The highest BCUT2D eigenvalue weighted by molar-refractivity contribution is 8.24. The zero-order valence-electron chi connectivity index (χ0n) is 15.8. The summed E-state index contributed by atoms with van der Waals surface area (Å²) in [7, 11) is 0. The number of benzene rings is 2. The predicted molar refractivity (Wildman–Crippen MR) is 115 cm³/mol. The number of carbonyl (C=O) groups is 2. The molecule has 0 bridgehead atoms. The second-order valence-electron chi connectivity index (χ2n) is 6.98. The molecule has 0 saturated carbocycles. The van der Waals surface area contributed by atoms with E-state index in [4.69, 9.17) is 17.0 Å². The highest BCUT2D eigenvalue weighted by Gasteiger charge is 2.46. The third-order valence-corrected chi connectivity index (χ3v) is 6.01. The van der Waals surface area contributed by atoms with Gasteiger partial charge in [0, 0.05) is 4.75 Å². The van der Waals surface area contributed by atoms with E-state index in [0.29, 0.717) is 16.6 Å². The number of rotatable bonds is 6. The molecule has 1 unspecified atom stereocenters. The highest BCUT2D eigenvalue weighted by atomic mass is 32.2. The van der Waals surface area contributed by atoms with E-state index < -0.39 is 10.8 Å². The summed E-state index contributed by atoms with van der Waals surface area (Å²) >= 11 is 6.88.